The molecule has 0 aromatic heterocycles. The van der Waals surface area contributed by atoms with E-state index in [4.69, 9.17) is 13.3 Å². The lowest BCUT2D eigenvalue weighted by molar-refractivity contribution is -0.140. The average Bonchev–Trinajstić information content (AvgIpc) is 2.56. The maximum atomic E-state index is 10.9. The van der Waals surface area contributed by atoms with Crippen LogP contribution in [0.1, 0.15) is 64.2 Å². The molecule has 0 amide bonds. The Bertz CT molecular complexity index is 261. The number of rotatable bonds is 15. The summed E-state index contributed by atoms with van der Waals surface area (Å²) in [5.74, 6) is -0.0946. The summed E-state index contributed by atoms with van der Waals surface area (Å²) in [5, 5.41) is 0. The molecular formula is C16H34O5Si. The zero-order valence-electron chi connectivity index (χ0n) is 14.8. The lowest BCUT2D eigenvalue weighted by atomic mass is 10.1. The third kappa shape index (κ3) is 10.3. The molecular weight excluding hydrogens is 300 g/mol. The number of hydrogen-bond acceptors (Lipinski definition) is 5. The van der Waals surface area contributed by atoms with E-state index < -0.39 is 8.80 Å². The number of unbranched alkanes of at least 4 members (excludes halogenated alkanes) is 8. The van der Waals surface area contributed by atoms with Crippen LogP contribution in [0.2, 0.25) is 6.04 Å². The maximum absolute atomic E-state index is 10.9. The first kappa shape index (κ1) is 21.6. The van der Waals surface area contributed by atoms with Gasteiger partial charge in [0.05, 0.1) is 7.11 Å². The summed E-state index contributed by atoms with van der Waals surface area (Å²) in [7, 11) is 4.09. The van der Waals surface area contributed by atoms with Gasteiger partial charge in [0.25, 0.3) is 0 Å². The second-order valence-electron chi connectivity index (χ2n) is 5.55. The van der Waals surface area contributed by atoms with E-state index in [-0.39, 0.29) is 5.97 Å². The van der Waals surface area contributed by atoms with E-state index in [0.29, 0.717) is 6.42 Å². The number of esters is 1. The van der Waals surface area contributed by atoms with Crippen molar-refractivity contribution in [2.45, 2.75) is 70.3 Å². The van der Waals surface area contributed by atoms with E-state index in [1.807, 2.05) is 0 Å². The van der Waals surface area contributed by atoms with Crippen LogP contribution >= 0.6 is 0 Å². The van der Waals surface area contributed by atoms with Crippen LogP contribution < -0.4 is 0 Å². The molecule has 0 bridgehead atoms. The molecule has 0 saturated carbocycles. The molecule has 0 aliphatic carbocycles. The van der Waals surface area contributed by atoms with Crippen molar-refractivity contribution in [1.29, 1.82) is 0 Å². The summed E-state index contributed by atoms with van der Waals surface area (Å²) in [5.41, 5.74) is 0. The second kappa shape index (κ2) is 14.2. The van der Waals surface area contributed by atoms with Gasteiger partial charge in [0.1, 0.15) is 0 Å². The van der Waals surface area contributed by atoms with Crippen LogP contribution in [0, 0.1) is 0 Å². The van der Waals surface area contributed by atoms with E-state index in [9.17, 15) is 4.79 Å². The van der Waals surface area contributed by atoms with Gasteiger partial charge < -0.3 is 18.0 Å². The van der Waals surface area contributed by atoms with Gasteiger partial charge in [-0.05, 0) is 12.8 Å². The molecule has 0 atom stereocenters. The van der Waals surface area contributed by atoms with E-state index >= 15 is 0 Å². The fraction of sp³-hybridized carbons (Fsp3) is 0.938. The highest BCUT2D eigenvalue weighted by atomic mass is 28.4. The third-order valence-corrected chi connectivity index (χ3v) is 6.86. The SMILES string of the molecule is COC(=O)CCCCCCCCCCC[Si](OC)(OC)OC. The molecule has 132 valence electrons. The number of hydrogen-bond donors (Lipinski definition) is 0. The minimum absolute atomic E-state index is 0.0946. The molecule has 0 rings (SSSR count). The van der Waals surface area contributed by atoms with Crippen LogP contribution in [0.3, 0.4) is 0 Å². The Morgan fingerprint density at radius 2 is 1.09 bits per heavy atom. The molecule has 0 aliphatic heterocycles. The van der Waals surface area contributed by atoms with E-state index in [1.54, 1.807) is 21.3 Å². The van der Waals surface area contributed by atoms with Crippen LogP contribution in [0.5, 0.6) is 0 Å². The summed E-state index contributed by atoms with van der Waals surface area (Å²) in [4.78, 5) is 10.9. The molecule has 0 saturated heterocycles. The first-order valence-electron chi connectivity index (χ1n) is 8.36. The zero-order valence-corrected chi connectivity index (χ0v) is 15.8. The number of carbonyl (C=O) groups is 1. The van der Waals surface area contributed by atoms with Gasteiger partial charge in [-0.1, -0.05) is 44.9 Å². The highest BCUT2D eigenvalue weighted by Gasteiger charge is 2.36. The molecule has 6 heteroatoms. The van der Waals surface area contributed by atoms with Gasteiger partial charge in [0, 0.05) is 33.8 Å². The normalized spacial score (nSPS) is 11.6. The molecule has 0 aromatic carbocycles. The van der Waals surface area contributed by atoms with Crippen molar-refractivity contribution in [2.75, 3.05) is 28.4 Å². The molecule has 0 spiro atoms. The summed E-state index contributed by atoms with van der Waals surface area (Å²) in [6, 6.07) is 0.893. The quantitative estimate of drug-likeness (QED) is 0.258. The van der Waals surface area contributed by atoms with Crippen molar-refractivity contribution in [3.05, 3.63) is 0 Å². The Labute approximate surface area is 137 Å². The van der Waals surface area contributed by atoms with Crippen molar-refractivity contribution in [3.63, 3.8) is 0 Å². The Morgan fingerprint density at radius 1 is 0.682 bits per heavy atom. The minimum atomic E-state index is -2.36. The monoisotopic (exact) mass is 334 g/mol. The van der Waals surface area contributed by atoms with Crippen molar-refractivity contribution in [1.82, 2.24) is 0 Å². The van der Waals surface area contributed by atoms with Crippen LogP contribution in [0.25, 0.3) is 0 Å². The van der Waals surface area contributed by atoms with Crippen molar-refractivity contribution in [3.8, 4) is 0 Å². The summed E-state index contributed by atoms with van der Waals surface area (Å²) < 4.78 is 20.8. The van der Waals surface area contributed by atoms with Gasteiger partial charge in [0.15, 0.2) is 0 Å². The number of carbonyl (C=O) groups excluding carboxylic acids is 1. The maximum Gasteiger partial charge on any atom is 0.500 e. The predicted octanol–water partition coefficient (Wildman–Crippen LogP) is 3.94. The van der Waals surface area contributed by atoms with E-state index in [1.165, 1.54) is 45.6 Å². The largest absolute Gasteiger partial charge is 0.500 e. The summed E-state index contributed by atoms with van der Waals surface area (Å²) in [6.45, 7) is 0. The molecule has 0 aliphatic rings. The van der Waals surface area contributed by atoms with Crippen molar-refractivity contribution in [2.24, 2.45) is 0 Å². The number of ether oxygens (including phenoxy) is 1. The Morgan fingerprint density at radius 3 is 1.50 bits per heavy atom. The summed E-state index contributed by atoms with van der Waals surface area (Å²) in [6.07, 6.45) is 11.2. The Kier molecular flexibility index (Phi) is 13.9. The first-order chi connectivity index (χ1) is 10.6. The molecule has 0 radical (unpaired) electrons. The van der Waals surface area contributed by atoms with Gasteiger partial charge in [-0.3, -0.25) is 4.79 Å². The lowest BCUT2D eigenvalue weighted by Crippen LogP contribution is -2.42. The van der Waals surface area contributed by atoms with Gasteiger partial charge in [-0.25, -0.2) is 0 Å². The van der Waals surface area contributed by atoms with Gasteiger partial charge in [0.2, 0.25) is 0 Å². The molecule has 0 unspecified atom stereocenters. The van der Waals surface area contributed by atoms with Crippen molar-refractivity contribution >= 4 is 14.8 Å². The van der Waals surface area contributed by atoms with Gasteiger partial charge in [-0.15, -0.1) is 0 Å². The summed E-state index contributed by atoms with van der Waals surface area (Å²) >= 11 is 0. The van der Waals surface area contributed by atoms with E-state index in [0.717, 1.165) is 25.3 Å². The van der Waals surface area contributed by atoms with Gasteiger partial charge >= 0.3 is 14.8 Å². The smallest absolute Gasteiger partial charge is 0.469 e. The molecule has 5 nitrogen and oxygen atoms in total. The van der Waals surface area contributed by atoms with Crippen molar-refractivity contribution < 1.29 is 22.8 Å². The fourth-order valence-electron chi connectivity index (χ4n) is 2.51. The highest BCUT2D eigenvalue weighted by Crippen LogP contribution is 2.18. The van der Waals surface area contributed by atoms with Crippen LogP contribution in [0.15, 0.2) is 0 Å². The molecule has 0 heterocycles. The van der Waals surface area contributed by atoms with Crippen LogP contribution in [-0.4, -0.2) is 43.2 Å². The predicted molar refractivity (Wildman–Crippen MR) is 89.8 cm³/mol. The standard InChI is InChI=1S/C16H34O5Si/c1-18-16(17)14-12-10-8-6-5-7-9-11-13-15-22(19-2,20-3)21-4/h5-15H2,1-4H3. The van der Waals surface area contributed by atoms with Gasteiger partial charge in [-0.2, -0.15) is 0 Å². The Balaban J connectivity index is 3.35. The molecule has 0 aromatic rings. The average molecular weight is 335 g/mol. The van der Waals surface area contributed by atoms with Crippen LogP contribution in [0.4, 0.5) is 0 Å². The van der Waals surface area contributed by atoms with Crippen LogP contribution in [-0.2, 0) is 22.8 Å². The first-order valence-corrected chi connectivity index (χ1v) is 10.3. The topological polar surface area (TPSA) is 54.0 Å². The molecule has 22 heavy (non-hydrogen) atoms. The second-order valence-corrected chi connectivity index (χ2v) is 8.64. The lowest BCUT2D eigenvalue weighted by Gasteiger charge is -2.24. The zero-order chi connectivity index (χ0) is 16.7. The number of methoxy groups -OCH3 is 1. The highest BCUT2D eigenvalue weighted by molar-refractivity contribution is 6.60. The fourth-order valence-corrected chi connectivity index (χ4v) is 4.30. The third-order valence-electron chi connectivity index (χ3n) is 4.02. The molecule has 0 N–H and O–H groups in total. The molecule has 0 fully saturated rings. The van der Waals surface area contributed by atoms with E-state index in [2.05, 4.69) is 4.74 Å². The minimum Gasteiger partial charge on any atom is -0.469 e. The Hall–Kier alpha value is -0.433.